The zero-order valence-corrected chi connectivity index (χ0v) is 28.7. The second-order valence-electron chi connectivity index (χ2n) is 8.08. The molecule has 0 amide bonds. The molecule has 4 rings (SSSR count). The van der Waals surface area contributed by atoms with Gasteiger partial charge in [-0.1, -0.05) is 13.8 Å². The third kappa shape index (κ3) is 13.7. The fraction of sp³-hybridized carbons (Fsp3) is 0.519. The Bertz CT molecular complexity index is 1030. The number of methoxy groups -OCH3 is 1. The summed E-state index contributed by atoms with van der Waals surface area (Å²) in [5.74, 6) is -2.78. The summed E-state index contributed by atoms with van der Waals surface area (Å²) in [4.78, 5) is 27.9. The summed E-state index contributed by atoms with van der Waals surface area (Å²) in [5, 5.41) is 60.7. The molecule has 1 fully saturated rings. The molecule has 3 aliphatic rings. The molecule has 1 aromatic rings. The molecule has 14 nitrogen and oxygen atoms in total. The standard InChI is InChI=1S/C17H16N2O6.C6H12O3.C2H6.2CH4O.H2O.U/c20-14-7-10-6-13(17(24)25)19(12(10)8-15(14)21)4-2-9-1-3-18-11(5-9)16(22)23;1-8-6-2-5(7)3-9-4-6;3*1-2;;/h2,4-5,7-8,13,20-21H,1,3,6H2,(H,22,23)(H,24,25);5-7H,2-4H2,1H3;1-2H3;2*2H,1H3;1H2;/b4-2+;;;;;;/t13-;5?,6-;;;;;/m01...../s1. The Balaban J connectivity index is -0.000000755. The van der Waals surface area contributed by atoms with Crippen molar-refractivity contribution in [2.24, 2.45) is 4.99 Å². The van der Waals surface area contributed by atoms with Gasteiger partial charge in [0.15, 0.2) is 11.5 Å². The van der Waals surface area contributed by atoms with E-state index in [4.69, 9.17) is 29.9 Å². The number of benzene rings is 1. The maximum absolute atomic E-state index is 11.5. The van der Waals surface area contributed by atoms with Crippen LogP contribution in [0.4, 0.5) is 5.69 Å². The van der Waals surface area contributed by atoms with Crippen molar-refractivity contribution < 1.29 is 91.4 Å². The number of anilines is 1. The van der Waals surface area contributed by atoms with Crippen LogP contribution in [0.5, 0.6) is 11.5 Å². The normalized spacial score (nSPS) is 19.9. The Hall–Kier alpha value is -2.48. The van der Waals surface area contributed by atoms with Crippen LogP contribution in [0, 0.1) is 31.1 Å². The number of aromatic hydroxyl groups is 2. The number of aliphatic carboxylic acids is 2. The van der Waals surface area contributed by atoms with Gasteiger partial charge in [0.1, 0.15) is 11.8 Å². The van der Waals surface area contributed by atoms with Gasteiger partial charge in [-0.15, -0.1) is 0 Å². The van der Waals surface area contributed by atoms with E-state index in [1.54, 1.807) is 19.4 Å². The SMILES string of the molecule is CC.CO.CO.CO[C@H]1COCC(O)C1.O.O=C(O)C1=NCCC(/C=C/N2c3cc(O)c(O)cc3C[C@H]2C(=O)O)=C1.[U]. The Kier molecular flexibility index (Phi) is 25.1. The van der Waals surface area contributed by atoms with Crippen molar-refractivity contribution in [1.29, 1.82) is 0 Å². The number of carboxylic acid groups (broad SMARTS) is 2. The first-order chi connectivity index (χ1) is 19.2. The first-order valence-electron chi connectivity index (χ1n) is 12.6. The first-order valence-corrected chi connectivity index (χ1v) is 12.6. The van der Waals surface area contributed by atoms with Crippen LogP contribution >= 0.6 is 0 Å². The van der Waals surface area contributed by atoms with Crippen LogP contribution in [0.2, 0.25) is 0 Å². The average Bonchev–Trinajstić information content (AvgIpc) is 3.33. The zero-order chi connectivity index (χ0) is 30.8. The number of hydrogen-bond acceptors (Lipinski definition) is 11. The van der Waals surface area contributed by atoms with E-state index in [-0.39, 0.29) is 72.4 Å². The summed E-state index contributed by atoms with van der Waals surface area (Å²) < 4.78 is 9.99. The van der Waals surface area contributed by atoms with Gasteiger partial charge in [0, 0.05) is 89.8 Å². The predicted molar refractivity (Wildman–Crippen MR) is 153 cm³/mol. The fourth-order valence-corrected chi connectivity index (χ4v) is 3.85. The largest absolute Gasteiger partial charge is 0.504 e. The van der Waals surface area contributed by atoms with Gasteiger partial charge in [0.2, 0.25) is 0 Å². The topological polar surface area (TPSA) is 241 Å². The molecule has 3 aliphatic heterocycles. The Labute approximate surface area is 269 Å². The summed E-state index contributed by atoms with van der Waals surface area (Å²) in [6.07, 6.45) is 5.85. The minimum Gasteiger partial charge on any atom is -0.504 e. The van der Waals surface area contributed by atoms with Crippen molar-refractivity contribution in [3.63, 3.8) is 0 Å². The smallest absolute Gasteiger partial charge is 0.354 e. The van der Waals surface area contributed by atoms with Crippen LogP contribution in [-0.4, -0.2) is 118 Å². The second-order valence-corrected chi connectivity index (χ2v) is 8.08. The molecule has 0 aromatic heterocycles. The maximum Gasteiger partial charge on any atom is 0.354 e. The number of allylic oxidation sites excluding steroid dienone is 1. The quantitative estimate of drug-likeness (QED) is 0.201. The number of carboxylic acids is 2. The minimum atomic E-state index is -1.11. The Morgan fingerprint density at radius 1 is 1.07 bits per heavy atom. The summed E-state index contributed by atoms with van der Waals surface area (Å²) >= 11 is 0. The number of aliphatic hydroxyl groups excluding tert-OH is 3. The number of nitrogens with zero attached hydrogens (tertiary/aromatic N) is 2. The van der Waals surface area contributed by atoms with Gasteiger partial charge in [-0.3, -0.25) is 4.99 Å². The number of dihydropyridines is 1. The predicted octanol–water partition coefficient (Wildman–Crippen LogP) is 0.484. The number of carbonyl (C=O) groups is 2. The van der Waals surface area contributed by atoms with Crippen molar-refractivity contribution >= 4 is 23.3 Å². The number of phenols is 2. The summed E-state index contributed by atoms with van der Waals surface area (Å²) in [6.45, 7) is 5.43. The van der Waals surface area contributed by atoms with Crippen LogP contribution in [0.3, 0.4) is 0 Å². The van der Waals surface area contributed by atoms with Crippen LogP contribution in [0.25, 0.3) is 0 Å². The molecule has 0 aliphatic carbocycles. The van der Waals surface area contributed by atoms with Crippen molar-refractivity contribution in [2.45, 2.75) is 51.4 Å². The van der Waals surface area contributed by atoms with Gasteiger partial charge in [-0.05, 0) is 35.8 Å². The molecule has 15 heteroatoms. The first kappa shape index (κ1) is 44.0. The number of phenolic OH excluding ortho intramolecular Hbond substituents is 2. The summed E-state index contributed by atoms with van der Waals surface area (Å²) in [6, 6.07) is 1.80. The molecule has 1 saturated heterocycles. The minimum absolute atomic E-state index is 0. The van der Waals surface area contributed by atoms with E-state index in [1.807, 2.05) is 13.8 Å². The fourth-order valence-electron chi connectivity index (χ4n) is 3.85. The molecule has 0 saturated carbocycles. The third-order valence-corrected chi connectivity index (χ3v) is 5.64. The van der Waals surface area contributed by atoms with E-state index in [0.29, 0.717) is 49.4 Å². The molecule has 1 unspecified atom stereocenters. The van der Waals surface area contributed by atoms with E-state index in [9.17, 15) is 24.9 Å². The number of ether oxygens (including phenoxy) is 2. The van der Waals surface area contributed by atoms with E-state index in [0.717, 1.165) is 14.2 Å². The van der Waals surface area contributed by atoms with Crippen molar-refractivity contribution in [3.05, 3.63) is 41.6 Å². The molecule has 3 heterocycles. The van der Waals surface area contributed by atoms with Crippen LogP contribution in [-0.2, 0) is 25.5 Å². The Morgan fingerprint density at radius 2 is 1.67 bits per heavy atom. The van der Waals surface area contributed by atoms with E-state index >= 15 is 0 Å². The number of rotatable bonds is 5. The van der Waals surface area contributed by atoms with Crippen molar-refractivity contribution in [1.82, 2.24) is 0 Å². The molecule has 3 atom stereocenters. The van der Waals surface area contributed by atoms with Gasteiger partial charge < -0.3 is 55.6 Å². The number of aliphatic hydroxyl groups is 3. The second kappa shape index (κ2) is 24.0. The zero-order valence-electron chi connectivity index (χ0n) is 24.5. The number of aliphatic imine (C=N–C) groups is 1. The Morgan fingerprint density at radius 3 is 2.17 bits per heavy atom. The molecular formula is C27H44N2O12U. The van der Waals surface area contributed by atoms with E-state index in [1.165, 1.54) is 23.1 Å². The molecule has 1 aromatic carbocycles. The van der Waals surface area contributed by atoms with Gasteiger partial charge in [0.25, 0.3) is 0 Å². The summed E-state index contributed by atoms with van der Waals surface area (Å²) in [7, 11) is 3.63. The summed E-state index contributed by atoms with van der Waals surface area (Å²) in [5.41, 5.74) is 1.78. The van der Waals surface area contributed by atoms with Crippen LogP contribution in [0.15, 0.2) is 41.1 Å². The van der Waals surface area contributed by atoms with E-state index in [2.05, 4.69) is 4.99 Å². The third-order valence-electron chi connectivity index (χ3n) is 5.64. The van der Waals surface area contributed by atoms with Gasteiger partial charge in [-0.2, -0.15) is 0 Å². The van der Waals surface area contributed by atoms with Gasteiger partial charge in [0.05, 0.1) is 25.4 Å². The van der Waals surface area contributed by atoms with Crippen molar-refractivity contribution in [3.8, 4) is 11.5 Å². The molecule has 42 heavy (non-hydrogen) atoms. The molecule has 0 radical (unpaired) electrons. The van der Waals surface area contributed by atoms with Crippen LogP contribution in [0.1, 0.15) is 32.3 Å². The van der Waals surface area contributed by atoms with Crippen LogP contribution < -0.4 is 4.90 Å². The maximum atomic E-state index is 11.5. The molecule has 0 spiro atoms. The average molecular weight is 827 g/mol. The van der Waals surface area contributed by atoms with Gasteiger partial charge >= 0.3 is 11.9 Å². The monoisotopic (exact) mass is 826 g/mol. The number of fused-ring (bicyclic) bond motifs is 1. The molecule has 9 N–H and O–H groups in total. The van der Waals surface area contributed by atoms with Crippen molar-refractivity contribution in [2.75, 3.05) is 46.0 Å². The molecule has 238 valence electrons. The number of hydrogen-bond donors (Lipinski definition) is 7. The molecule has 0 bridgehead atoms. The van der Waals surface area contributed by atoms with Gasteiger partial charge in [-0.25, -0.2) is 9.59 Å². The molecular weight excluding hydrogens is 782 g/mol. The van der Waals surface area contributed by atoms with E-state index < -0.39 is 18.0 Å².